The predicted molar refractivity (Wildman–Crippen MR) is 130 cm³/mol. The van der Waals surface area contributed by atoms with Crippen LogP contribution in [0.4, 0.5) is 48.3 Å². The number of aromatic nitrogens is 1. The van der Waals surface area contributed by atoms with Gasteiger partial charge in [-0.15, -0.1) is 10.2 Å². The van der Waals surface area contributed by atoms with Crippen LogP contribution in [0.1, 0.15) is 24.0 Å². The van der Waals surface area contributed by atoms with E-state index in [2.05, 4.69) is 25.4 Å². The number of nitrogens with one attached hydrogen (secondary N) is 1. The van der Waals surface area contributed by atoms with Crippen LogP contribution in [0, 0.1) is 0 Å². The smallest absolute Gasteiger partial charge is 0.366 e. The zero-order valence-electron chi connectivity index (χ0n) is 20.1. The van der Waals surface area contributed by atoms with Crippen molar-refractivity contribution in [3.05, 3.63) is 71.8 Å². The van der Waals surface area contributed by atoms with Gasteiger partial charge in [0.25, 0.3) is 0 Å². The summed E-state index contributed by atoms with van der Waals surface area (Å²) in [5.74, 6) is 0.272. The van der Waals surface area contributed by atoms with Crippen molar-refractivity contribution in [3.63, 3.8) is 0 Å². The van der Waals surface area contributed by atoms with Gasteiger partial charge < -0.3 is 10.2 Å². The van der Waals surface area contributed by atoms with Crippen LogP contribution in [0.25, 0.3) is 11.3 Å². The molecule has 0 radical (unpaired) electrons. The van der Waals surface area contributed by atoms with Gasteiger partial charge in [-0.05, 0) is 49.2 Å². The minimum atomic E-state index is -4.71. The minimum Gasteiger partial charge on any atom is -0.366 e. The first-order chi connectivity index (χ1) is 18.5. The molecule has 39 heavy (non-hydrogen) atoms. The SMILES string of the molecule is O=C(Nc1cccc(C2(C(F)(F)F)N=N2)c1)N1c2nc(-c3cccc(C(F)(F)F)c3)ccc2N2CCC[C@@H]1C2. The van der Waals surface area contributed by atoms with E-state index in [0.29, 0.717) is 18.7 Å². The Hall–Kier alpha value is -4.16. The van der Waals surface area contributed by atoms with Gasteiger partial charge in [0.05, 0.1) is 23.0 Å². The third-order valence-corrected chi connectivity index (χ3v) is 7.10. The molecular formula is C26H20F6N6O. The summed E-state index contributed by atoms with van der Waals surface area (Å²) >= 11 is 0. The Morgan fingerprint density at radius 2 is 1.74 bits per heavy atom. The van der Waals surface area contributed by atoms with Crippen molar-refractivity contribution in [1.29, 1.82) is 0 Å². The molecule has 13 heteroatoms. The first-order valence-corrected chi connectivity index (χ1v) is 12.1. The summed E-state index contributed by atoms with van der Waals surface area (Å²) in [5.41, 5.74) is -2.41. The highest BCUT2D eigenvalue weighted by molar-refractivity contribution is 6.04. The fourth-order valence-electron chi connectivity index (χ4n) is 5.14. The average Bonchev–Trinajstić information content (AvgIpc) is 3.71. The number of hydrogen-bond acceptors (Lipinski definition) is 5. The minimum absolute atomic E-state index is 0.118. The molecule has 7 nitrogen and oxygen atoms in total. The van der Waals surface area contributed by atoms with Crippen molar-refractivity contribution in [2.24, 2.45) is 10.2 Å². The molecule has 2 bridgehead atoms. The standard InChI is InChI=1S/C26H20F6N6O/c27-25(28,29)17-6-1-4-15(12-17)20-9-10-21-22(34-20)38(19-8-3-11-37(21)14-19)23(39)33-18-7-2-5-16(13-18)24(35-36-24)26(30,31)32/h1-2,4-7,9-10,12-13,19H,3,8,11,14H2,(H,33,39)/t19-/m1/s1. The van der Waals surface area contributed by atoms with E-state index < -0.39 is 29.6 Å². The normalized spacial score (nSPS) is 19.5. The summed E-state index contributed by atoms with van der Waals surface area (Å²) in [4.78, 5) is 21.7. The number of nitrogens with zero attached hydrogens (tertiary/aromatic N) is 5. The van der Waals surface area contributed by atoms with Crippen molar-refractivity contribution < 1.29 is 31.1 Å². The van der Waals surface area contributed by atoms with Crippen molar-refractivity contribution in [2.45, 2.75) is 36.9 Å². The molecule has 4 heterocycles. The number of alkyl halides is 6. The Kier molecular flexibility index (Phi) is 5.59. The van der Waals surface area contributed by atoms with E-state index in [1.54, 1.807) is 12.1 Å². The number of benzene rings is 2. The summed E-state index contributed by atoms with van der Waals surface area (Å²) in [6, 6.07) is 12.5. The van der Waals surface area contributed by atoms with Crippen LogP contribution in [0.15, 0.2) is 70.9 Å². The number of fused-ring (bicyclic) bond motifs is 4. The number of amides is 2. The quantitative estimate of drug-likeness (QED) is 0.361. The van der Waals surface area contributed by atoms with Crippen LogP contribution >= 0.6 is 0 Å². The maximum Gasteiger partial charge on any atom is 0.442 e. The summed E-state index contributed by atoms with van der Waals surface area (Å²) in [7, 11) is 0. The van der Waals surface area contributed by atoms with Crippen molar-refractivity contribution >= 4 is 23.2 Å². The molecule has 3 aliphatic rings. The molecule has 1 atom stereocenters. The van der Waals surface area contributed by atoms with Gasteiger partial charge in [-0.3, -0.25) is 4.90 Å². The second-order valence-electron chi connectivity index (χ2n) is 9.61. The maximum absolute atomic E-state index is 13.6. The highest BCUT2D eigenvalue weighted by Gasteiger charge is 2.65. The van der Waals surface area contributed by atoms with Gasteiger partial charge in [-0.2, -0.15) is 26.3 Å². The van der Waals surface area contributed by atoms with Gasteiger partial charge in [0.1, 0.15) is 0 Å². The number of carbonyl (C=O) groups excluding carboxylic acids is 1. The van der Waals surface area contributed by atoms with E-state index in [-0.39, 0.29) is 34.4 Å². The van der Waals surface area contributed by atoms with E-state index in [1.807, 2.05) is 0 Å². The van der Waals surface area contributed by atoms with Crippen LogP contribution in [-0.2, 0) is 11.8 Å². The second kappa shape index (κ2) is 8.68. The fraction of sp³-hybridized carbons (Fsp3) is 0.308. The number of piperidine rings is 1. The molecule has 0 unspecified atom stereocenters. The molecule has 0 spiro atoms. The van der Waals surface area contributed by atoms with Gasteiger partial charge in [0.2, 0.25) is 0 Å². The Balaban J connectivity index is 1.34. The molecule has 3 aromatic rings. The summed E-state index contributed by atoms with van der Waals surface area (Å²) in [5, 5.41) is 9.08. The van der Waals surface area contributed by atoms with E-state index in [1.165, 1.54) is 41.3 Å². The molecule has 1 aromatic heterocycles. The summed E-state index contributed by atoms with van der Waals surface area (Å²) in [6.07, 6.45) is -7.78. The number of carbonyl (C=O) groups is 1. The van der Waals surface area contributed by atoms with Crippen molar-refractivity contribution in [1.82, 2.24) is 4.98 Å². The van der Waals surface area contributed by atoms with E-state index in [0.717, 1.165) is 25.1 Å². The number of pyridine rings is 1. The van der Waals surface area contributed by atoms with Gasteiger partial charge in [0.15, 0.2) is 5.82 Å². The van der Waals surface area contributed by atoms with E-state index >= 15 is 0 Å². The van der Waals surface area contributed by atoms with Gasteiger partial charge in [-0.1, -0.05) is 24.3 Å². The highest BCUT2D eigenvalue weighted by atomic mass is 19.4. The van der Waals surface area contributed by atoms with Gasteiger partial charge in [0, 0.05) is 29.9 Å². The first-order valence-electron chi connectivity index (χ1n) is 12.1. The molecular weight excluding hydrogens is 526 g/mol. The third-order valence-electron chi connectivity index (χ3n) is 7.10. The van der Waals surface area contributed by atoms with Crippen LogP contribution in [-0.4, -0.2) is 36.3 Å². The van der Waals surface area contributed by atoms with Crippen LogP contribution in [0.5, 0.6) is 0 Å². The molecule has 1 fully saturated rings. The lowest BCUT2D eigenvalue weighted by atomic mass is 9.99. The fourth-order valence-corrected chi connectivity index (χ4v) is 5.14. The Morgan fingerprint density at radius 1 is 0.974 bits per heavy atom. The van der Waals surface area contributed by atoms with Gasteiger partial charge in [-0.25, -0.2) is 9.78 Å². The lowest BCUT2D eigenvalue weighted by molar-refractivity contribution is -0.166. The lowest BCUT2D eigenvalue weighted by Gasteiger charge is -2.45. The first kappa shape index (κ1) is 25.1. The topological polar surface area (TPSA) is 73.2 Å². The summed E-state index contributed by atoms with van der Waals surface area (Å²) < 4.78 is 80.3. The zero-order chi connectivity index (χ0) is 27.6. The number of rotatable bonds is 3. The molecule has 202 valence electrons. The van der Waals surface area contributed by atoms with Crippen LogP contribution in [0.2, 0.25) is 0 Å². The average molecular weight is 546 g/mol. The van der Waals surface area contributed by atoms with E-state index in [9.17, 15) is 31.1 Å². The molecule has 0 saturated carbocycles. The predicted octanol–water partition coefficient (Wildman–Crippen LogP) is 6.97. The molecule has 1 N–H and O–H groups in total. The molecule has 1 saturated heterocycles. The highest BCUT2D eigenvalue weighted by Crippen LogP contribution is 2.52. The maximum atomic E-state index is 13.6. The monoisotopic (exact) mass is 546 g/mol. The molecule has 2 aromatic carbocycles. The summed E-state index contributed by atoms with van der Waals surface area (Å²) in [6.45, 7) is 1.26. The number of hydrogen-bond donors (Lipinski definition) is 1. The molecule has 2 amide bonds. The molecule has 3 aliphatic heterocycles. The molecule has 6 rings (SSSR count). The largest absolute Gasteiger partial charge is 0.442 e. The number of urea groups is 1. The molecule has 0 aliphatic carbocycles. The third kappa shape index (κ3) is 4.35. The zero-order valence-corrected chi connectivity index (χ0v) is 20.1. The Bertz CT molecular complexity index is 1480. The Labute approximate surface area is 218 Å². The Morgan fingerprint density at radius 3 is 2.46 bits per heavy atom. The second-order valence-corrected chi connectivity index (χ2v) is 9.61. The van der Waals surface area contributed by atoms with Crippen molar-refractivity contribution in [3.8, 4) is 11.3 Å². The van der Waals surface area contributed by atoms with Crippen molar-refractivity contribution in [2.75, 3.05) is 28.2 Å². The van der Waals surface area contributed by atoms with Crippen LogP contribution < -0.4 is 15.1 Å². The van der Waals surface area contributed by atoms with Crippen LogP contribution in [0.3, 0.4) is 0 Å². The van der Waals surface area contributed by atoms with Gasteiger partial charge >= 0.3 is 24.0 Å². The van der Waals surface area contributed by atoms with E-state index in [4.69, 9.17) is 0 Å². The lowest BCUT2D eigenvalue weighted by Crippen LogP contribution is -2.56. The number of anilines is 3. The number of halogens is 6.